The molecule has 0 aliphatic carbocycles. The molecular weight excluding hydrogens is 328 g/mol. The first-order valence-corrected chi connectivity index (χ1v) is 9.31. The largest absolute Gasteiger partial charge is 0.508 e. The highest BCUT2D eigenvalue weighted by atomic mass is 16.3. The maximum Gasteiger partial charge on any atom is 0.322 e. The standard InChI is InChI=1S/C20H28N4O2/c1-14-19(15(2)23(3)22-14)21-20(26)24-13-5-4-6-17(24)10-7-16-8-11-18(25)12-9-16/h8-9,11-12,17,25H,4-7,10,13H2,1-3H3,(H,21,26)/t17-/m0/s1. The van der Waals surface area contributed by atoms with Crippen LogP contribution in [0, 0.1) is 13.8 Å². The summed E-state index contributed by atoms with van der Waals surface area (Å²) in [5.74, 6) is 0.287. The van der Waals surface area contributed by atoms with Gasteiger partial charge >= 0.3 is 6.03 Å². The number of aromatic nitrogens is 2. The van der Waals surface area contributed by atoms with E-state index in [4.69, 9.17) is 0 Å². The molecule has 1 aliphatic rings. The van der Waals surface area contributed by atoms with E-state index in [0.717, 1.165) is 55.7 Å². The Labute approximate surface area is 154 Å². The number of aryl methyl sites for hydroxylation is 3. The first-order chi connectivity index (χ1) is 12.5. The zero-order valence-corrected chi connectivity index (χ0v) is 15.8. The topological polar surface area (TPSA) is 70.4 Å². The monoisotopic (exact) mass is 356 g/mol. The van der Waals surface area contributed by atoms with E-state index < -0.39 is 0 Å². The molecule has 26 heavy (non-hydrogen) atoms. The van der Waals surface area contributed by atoms with Gasteiger partial charge in [-0.15, -0.1) is 0 Å². The summed E-state index contributed by atoms with van der Waals surface area (Å²) in [6.07, 6.45) is 5.09. The highest BCUT2D eigenvalue weighted by Gasteiger charge is 2.27. The van der Waals surface area contributed by atoms with Crippen LogP contribution in [0.3, 0.4) is 0 Å². The van der Waals surface area contributed by atoms with Crippen molar-refractivity contribution in [2.24, 2.45) is 7.05 Å². The molecule has 6 heteroatoms. The Morgan fingerprint density at radius 1 is 1.27 bits per heavy atom. The highest BCUT2D eigenvalue weighted by molar-refractivity contribution is 5.90. The number of likely N-dealkylation sites (tertiary alicyclic amines) is 1. The Balaban J connectivity index is 1.65. The second-order valence-corrected chi connectivity index (χ2v) is 7.15. The van der Waals surface area contributed by atoms with Gasteiger partial charge in [0.15, 0.2) is 0 Å². The van der Waals surface area contributed by atoms with Crippen molar-refractivity contribution in [1.82, 2.24) is 14.7 Å². The molecule has 2 heterocycles. The summed E-state index contributed by atoms with van der Waals surface area (Å²) in [6, 6.07) is 7.55. The summed E-state index contributed by atoms with van der Waals surface area (Å²) in [5, 5.41) is 16.9. The van der Waals surface area contributed by atoms with Gasteiger partial charge in [0, 0.05) is 19.6 Å². The minimum atomic E-state index is -0.0281. The first-order valence-electron chi connectivity index (χ1n) is 9.31. The fourth-order valence-electron chi connectivity index (χ4n) is 3.70. The average Bonchev–Trinajstić information content (AvgIpc) is 2.87. The van der Waals surface area contributed by atoms with Crippen LogP contribution in [-0.4, -0.2) is 38.4 Å². The van der Waals surface area contributed by atoms with E-state index in [1.165, 1.54) is 5.56 Å². The van der Waals surface area contributed by atoms with Crippen LogP contribution in [0.4, 0.5) is 10.5 Å². The Morgan fingerprint density at radius 2 is 2.00 bits per heavy atom. The summed E-state index contributed by atoms with van der Waals surface area (Å²) >= 11 is 0. The van der Waals surface area contributed by atoms with Crippen LogP contribution in [-0.2, 0) is 13.5 Å². The van der Waals surface area contributed by atoms with E-state index in [1.807, 2.05) is 37.9 Å². The number of piperidine rings is 1. The Kier molecular flexibility index (Phi) is 5.49. The predicted octanol–water partition coefficient (Wildman–Crippen LogP) is 3.76. The fourth-order valence-corrected chi connectivity index (χ4v) is 3.70. The molecule has 1 atom stereocenters. The lowest BCUT2D eigenvalue weighted by atomic mass is 9.96. The zero-order chi connectivity index (χ0) is 18.7. The van der Waals surface area contributed by atoms with E-state index in [-0.39, 0.29) is 17.8 Å². The van der Waals surface area contributed by atoms with Gasteiger partial charge in [-0.3, -0.25) is 4.68 Å². The number of urea groups is 1. The van der Waals surface area contributed by atoms with E-state index in [9.17, 15) is 9.90 Å². The molecule has 0 radical (unpaired) electrons. The minimum absolute atomic E-state index is 0.0281. The molecule has 6 nitrogen and oxygen atoms in total. The number of anilines is 1. The summed E-state index contributed by atoms with van der Waals surface area (Å²) < 4.78 is 1.80. The van der Waals surface area contributed by atoms with Gasteiger partial charge in [0.2, 0.25) is 0 Å². The summed E-state index contributed by atoms with van der Waals surface area (Å²) in [4.78, 5) is 14.9. The van der Waals surface area contributed by atoms with Gasteiger partial charge in [0.25, 0.3) is 0 Å². The zero-order valence-electron chi connectivity index (χ0n) is 15.8. The quantitative estimate of drug-likeness (QED) is 0.876. The third kappa shape index (κ3) is 4.00. The summed E-state index contributed by atoms with van der Waals surface area (Å²) in [6.45, 7) is 4.68. The van der Waals surface area contributed by atoms with Crippen LogP contribution in [0.25, 0.3) is 0 Å². The number of phenolic OH excluding ortho intramolecular Hbond substituents is 1. The number of benzene rings is 1. The maximum atomic E-state index is 12.9. The minimum Gasteiger partial charge on any atom is -0.508 e. The molecule has 1 fully saturated rings. The summed E-state index contributed by atoms with van der Waals surface area (Å²) in [5.41, 5.74) is 3.82. The van der Waals surface area contributed by atoms with Crippen molar-refractivity contribution < 1.29 is 9.90 Å². The molecule has 2 amide bonds. The normalized spacial score (nSPS) is 17.3. The Morgan fingerprint density at radius 3 is 2.65 bits per heavy atom. The molecule has 1 aromatic carbocycles. The molecule has 2 aromatic rings. The fraction of sp³-hybridized carbons (Fsp3) is 0.500. The van der Waals surface area contributed by atoms with Crippen LogP contribution < -0.4 is 5.32 Å². The van der Waals surface area contributed by atoms with Crippen LogP contribution in [0.1, 0.15) is 42.6 Å². The van der Waals surface area contributed by atoms with Crippen LogP contribution in [0.15, 0.2) is 24.3 Å². The van der Waals surface area contributed by atoms with Gasteiger partial charge in [0.05, 0.1) is 17.1 Å². The number of carbonyl (C=O) groups is 1. The molecule has 0 saturated carbocycles. The van der Waals surface area contributed by atoms with E-state index >= 15 is 0 Å². The van der Waals surface area contributed by atoms with Crippen molar-refractivity contribution in [1.29, 1.82) is 0 Å². The SMILES string of the molecule is Cc1nn(C)c(C)c1NC(=O)N1CCCC[C@H]1CCc1ccc(O)cc1. The van der Waals surface area contributed by atoms with E-state index in [0.29, 0.717) is 0 Å². The number of phenols is 1. The van der Waals surface area contributed by atoms with Crippen molar-refractivity contribution in [2.45, 2.75) is 52.0 Å². The second-order valence-electron chi connectivity index (χ2n) is 7.15. The Hall–Kier alpha value is -2.50. The molecule has 3 rings (SSSR count). The molecule has 2 N–H and O–H groups in total. The molecule has 0 spiro atoms. The molecule has 0 bridgehead atoms. The second kappa shape index (κ2) is 7.81. The number of hydrogen-bond donors (Lipinski definition) is 2. The lowest BCUT2D eigenvalue weighted by molar-refractivity contribution is 0.158. The third-order valence-corrected chi connectivity index (χ3v) is 5.33. The highest BCUT2D eigenvalue weighted by Crippen LogP contribution is 2.25. The molecule has 1 aliphatic heterocycles. The number of hydrogen-bond acceptors (Lipinski definition) is 3. The lowest BCUT2D eigenvalue weighted by Gasteiger charge is -2.36. The van der Waals surface area contributed by atoms with Crippen molar-refractivity contribution in [3.8, 4) is 5.75 Å². The molecule has 1 saturated heterocycles. The van der Waals surface area contributed by atoms with Crippen molar-refractivity contribution in [2.75, 3.05) is 11.9 Å². The van der Waals surface area contributed by atoms with Gasteiger partial charge in [0.1, 0.15) is 5.75 Å². The number of aromatic hydroxyl groups is 1. The predicted molar refractivity (Wildman–Crippen MR) is 102 cm³/mol. The first kappa shape index (κ1) is 18.3. The maximum absolute atomic E-state index is 12.9. The van der Waals surface area contributed by atoms with E-state index in [1.54, 1.807) is 16.8 Å². The van der Waals surface area contributed by atoms with Gasteiger partial charge in [-0.2, -0.15) is 5.10 Å². The van der Waals surface area contributed by atoms with Crippen molar-refractivity contribution >= 4 is 11.7 Å². The summed E-state index contributed by atoms with van der Waals surface area (Å²) in [7, 11) is 1.89. The molecule has 1 aromatic heterocycles. The number of rotatable bonds is 4. The number of nitrogens with one attached hydrogen (secondary N) is 1. The van der Waals surface area contributed by atoms with Gasteiger partial charge in [-0.05, 0) is 63.6 Å². The lowest BCUT2D eigenvalue weighted by Crippen LogP contribution is -2.46. The third-order valence-electron chi connectivity index (χ3n) is 5.33. The van der Waals surface area contributed by atoms with E-state index in [2.05, 4.69) is 10.4 Å². The number of carbonyl (C=O) groups excluding carboxylic acids is 1. The molecule has 0 unspecified atom stereocenters. The molecule has 140 valence electrons. The van der Waals surface area contributed by atoms with Gasteiger partial charge < -0.3 is 15.3 Å². The average molecular weight is 356 g/mol. The smallest absolute Gasteiger partial charge is 0.322 e. The van der Waals surface area contributed by atoms with Crippen LogP contribution >= 0.6 is 0 Å². The van der Waals surface area contributed by atoms with Crippen LogP contribution in [0.2, 0.25) is 0 Å². The Bertz CT molecular complexity index is 767. The van der Waals surface area contributed by atoms with Crippen molar-refractivity contribution in [3.63, 3.8) is 0 Å². The molecular formula is C20H28N4O2. The number of nitrogens with zero attached hydrogens (tertiary/aromatic N) is 3. The van der Waals surface area contributed by atoms with Crippen LogP contribution in [0.5, 0.6) is 5.75 Å². The number of amides is 2. The van der Waals surface area contributed by atoms with Gasteiger partial charge in [-0.25, -0.2) is 4.79 Å². The van der Waals surface area contributed by atoms with Crippen molar-refractivity contribution in [3.05, 3.63) is 41.2 Å². The van der Waals surface area contributed by atoms with Gasteiger partial charge in [-0.1, -0.05) is 12.1 Å².